The van der Waals surface area contributed by atoms with Gasteiger partial charge in [-0.2, -0.15) is 4.98 Å². The van der Waals surface area contributed by atoms with E-state index in [-0.39, 0.29) is 6.54 Å². The number of carbonyl (C=O) groups excluding carboxylic acids is 1. The van der Waals surface area contributed by atoms with Crippen molar-refractivity contribution in [3.8, 4) is 11.4 Å². The molecule has 6 nitrogen and oxygen atoms in total. The van der Waals surface area contributed by atoms with Crippen LogP contribution in [0.25, 0.3) is 11.4 Å². The highest BCUT2D eigenvalue weighted by Gasteiger charge is 2.09. The van der Waals surface area contributed by atoms with Crippen molar-refractivity contribution in [2.24, 2.45) is 5.73 Å². The Morgan fingerprint density at radius 3 is 2.65 bits per heavy atom. The van der Waals surface area contributed by atoms with Crippen LogP contribution in [0.3, 0.4) is 0 Å². The van der Waals surface area contributed by atoms with Gasteiger partial charge in [-0.05, 0) is 11.5 Å². The normalized spacial score (nSPS) is 10.9. The monoisotopic (exact) mass is 274 g/mol. The third-order valence-electron chi connectivity index (χ3n) is 2.88. The summed E-state index contributed by atoms with van der Waals surface area (Å²) in [5.41, 5.74) is 7.19. The Morgan fingerprint density at radius 1 is 1.35 bits per heavy atom. The van der Waals surface area contributed by atoms with Gasteiger partial charge in [0, 0.05) is 5.56 Å². The highest BCUT2D eigenvalue weighted by atomic mass is 16.5. The van der Waals surface area contributed by atoms with E-state index in [2.05, 4.69) is 41.4 Å². The first-order valence-electron chi connectivity index (χ1n) is 6.48. The van der Waals surface area contributed by atoms with Gasteiger partial charge < -0.3 is 10.3 Å². The van der Waals surface area contributed by atoms with Gasteiger partial charge in [0.25, 0.3) is 0 Å². The third-order valence-corrected chi connectivity index (χ3v) is 2.88. The van der Waals surface area contributed by atoms with Crippen molar-refractivity contribution in [3.63, 3.8) is 0 Å². The first-order chi connectivity index (χ1) is 9.56. The molecule has 0 aliphatic rings. The predicted molar refractivity (Wildman–Crippen MR) is 74.7 cm³/mol. The fourth-order valence-electron chi connectivity index (χ4n) is 1.75. The molecule has 0 bridgehead atoms. The third kappa shape index (κ3) is 3.64. The second kappa shape index (κ2) is 6.29. The Balaban J connectivity index is 2.02. The second-order valence-corrected chi connectivity index (χ2v) is 4.86. The van der Waals surface area contributed by atoms with E-state index in [1.54, 1.807) is 0 Å². The Bertz CT molecular complexity index is 575. The standard InChI is InChI=1S/C14H18N4O2/c1-9(2)10-3-5-11(6-4-10)14-17-13(20-18-14)8-16-7-12(15)19/h3-6,9,16H,7-8H2,1-2H3,(H2,15,19). The number of rotatable bonds is 6. The van der Waals surface area contributed by atoms with Gasteiger partial charge in [-0.3, -0.25) is 10.1 Å². The predicted octanol–water partition coefficient (Wildman–Crippen LogP) is 1.43. The molecule has 1 amide bonds. The maximum Gasteiger partial charge on any atom is 0.240 e. The Kier molecular flexibility index (Phi) is 4.47. The number of primary amides is 1. The summed E-state index contributed by atoms with van der Waals surface area (Å²) in [6, 6.07) is 8.06. The SMILES string of the molecule is CC(C)c1ccc(-c2noc(CNCC(N)=O)n2)cc1. The Morgan fingerprint density at radius 2 is 2.05 bits per heavy atom. The van der Waals surface area contributed by atoms with Crippen molar-refractivity contribution in [1.82, 2.24) is 15.5 Å². The van der Waals surface area contributed by atoms with Crippen molar-refractivity contribution in [1.29, 1.82) is 0 Å². The maximum atomic E-state index is 10.6. The highest BCUT2D eigenvalue weighted by molar-refractivity contribution is 5.75. The molecule has 2 aromatic rings. The largest absolute Gasteiger partial charge is 0.369 e. The summed E-state index contributed by atoms with van der Waals surface area (Å²) in [5.74, 6) is 1.03. The molecule has 1 heterocycles. The van der Waals surface area contributed by atoms with Crippen LogP contribution in [-0.2, 0) is 11.3 Å². The number of hydrogen-bond donors (Lipinski definition) is 2. The van der Waals surface area contributed by atoms with Crippen LogP contribution in [0.1, 0.15) is 31.2 Å². The van der Waals surface area contributed by atoms with Crippen molar-refractivity contribution in [2.45, 2.75) is 26.3 Å². The van der Waals surface area contributed by atoms with Gasteiger partial charge in [-0.1, -0.05) is 43.3 Å². The molecular weight excluding hydrogens is 256 g/mol. The Labute approximate surface area is 117 Å². The van der Waals surface area contributed by atoms with Gasteiger partial charge in [-0.15, -0.1) is 0 Å². The number of carbonyl (C=O) groups is 1. The fourth-order valence-corrected chi connectivity index (χ4v) is 1.75. The zero-order valence-electron chi connectivity index (χ0n) is 11.6. The summed E-state index contributed by atoms with van der Waals surface area (Å²) in [6.07, 6.45) is 0. The van der Waals surface area contributed by atoms with Crippen LogP contribution in [0.15, 0.2) is 28.8 Å². The molecule has 106 valence electrons. The average molecular weight is 274 g/mol. The minimum atomic E-state index is -0.422. The van der Waals surface area contributed by atoms with Crippen LogP contribution in [-0.4, -0.2) is 22.6 Å². The lowest BCUT2D eigenvalue weighted by Gasteiger charge is -2.04. The van der Waals surface area contributed by atoms with E-state index >= 15 is 0 Å². The fraction of sp³-hybridized carbons (Fsp3) is 0.357. The van der Waals surface area contributed by atoms with Crippen LogP contribution < -0.4 is 11.1 Å². The molecule has 0 unspecified atom stereocenters. The molecule has 0 radical (unpaired) electrons. The zero-order chi connectivity index (χ0) is 14.5. The maximum absolute atomic E-state index is 10.6. The summed E-state index contributed by atoms with van der Waals surface area (Å²) in [6.45, 7) is 4.69. The lowest BCUT2D eigenvalue weighted by Crippen LogP contribution is -2.28. The number of benzene rings is 1. The molecule has 0 fully saturated rings. The second-order valence-electron chi connectivity index (χ2n) is 4.86. The minimum absolute atomic E-state index is 0.0841. The van der Waals surface area contributed by atoms with Crippen LogP contribution in [0.5, 0.6) is 0 Å². The number of nitrogens with one attached hydrogen (secondary N) is 1. The molecule has 0 saturated carbocycles. The van der Waals surface area contributed by atoms with Crippen LogP contribution >= 0.6 is 0 Å². The smallest absolute Gasteiger partial charge is 0.240 e. The van der Waals surface area contributed by atoms with Crippen LogP contribution in [0.2, 0.25) is 0 Å². The summed E-state index contributed by atoms with van der Waals surface area (Å²) in [7, 11) is 0. The number of aromatic nitrogens is 2. The number of nitrogens with two attached hydrogens (primary N) is 1. The molecule has 0 spiro atoms. The molecule has 0 saturated heterocycles. The van der Waals surface area contributed by atoms with Gasteiger partial charge >= 0.3 is 0 Å². The molecule has 20 heavy (non-hydrogen) atoms. The molecule has 2 rings (SSSR count). The van der Waals surface area contributed by atoms with E-state index in [1.807, 2.05) is 12.1 Å². The number of nitrogens with zero attached hydrogens (tertiary/aromatic N) is 2. The van der Waals surface area contributed by atoms with Crippen LogP contribution in [0, 0.1) is 0 Å². The number of amides is 1. The molecule has 6 heteroatoms. The summed E-state index contributed by atoms with van der Waals surface area (Å²) in [4.78, 5) is 14.9. The zero-order valence-corrected chi connectivity index (χ0v) is 11.6. The van der Waals surface area contributed by atoms with Gasteiger partial charge in [-0.25, -0.2) is 0 Å². The lowest BCUT2D eigenvalue weighted by molar-refractivity contribution is -0.117. The van der Waals surface area contributed by atoms with Gasteiger partial charge in [0.15, 0.2) is 0 Å². The average Bonchev–Trinajstić information content (AvgIpc) is 2.87. The lowest BCUT2D eigenvalue weighted by atomic mass is 10.0. The quantitative estimate of drug-likeness (QED) is 0.831. The topological polar surface area (TPSA) is 94.0 Å². The highest BCUT2D eigenvalue weighted by Crippen LogP contribution is 2.20. The molecular formula is C14H18N4O2. The summed E-state index contributed by atoms with van der Waals surface area (Å²) >= 11 is 0. The van der Waals surface area contributed by atoms with Crippen molar-refractivity contribution < 1.29 is 9.32 Å². The molecule has 0 aliphatic carbocycles. The van der Waals surface area contributed by atoms with E-state index in [4.69, 9.17) is 10.3 Å². The summed E-state index contributed by atoms with van der Waals surface area (Å²) < 4.78 is 5.10. The van der Waals surface area contributed by atoms with E-state index in [0.717, 1.165) is 5.56 Å². The van der Waals surface area contributed by atoms with Crippen molar-refractivity contribution in [3.05, 3.63) is 35.7 Å². The first kappa shape index (κ1) is 14.2. The van der Waals surface area contributed by atoms with Gasteiger partial charge in [0.1, 0.15) is 0 Å². The van der Waals surface area contributed by atoms with Gasteiger partial charge in [0.05, 0.1) is 13.1 Å². The molecule has 0 atom stereocenters. The molecule has 3 N–H and O–H groups in total. The van der Waals surface area contributed by atoms with E-state index in [1.165, 1.54) is 5.56 Å². The van der Waals surface area contributed by atoms with E-state index < -0.39 is 5.91 Å². The summed E-state index contributed by atoms with van der Waals surface area (Å²) in [5, 5.41) is 6.74. The van der Waals surface area contributed by atoms with Gasteiger partial charge in [0.2, 0.25) is 17.6 Å². The number of hydrogen-bond acceptors (Lipinski definition) is 5. The van der Waals surface area contributed by atoms with Crippen molar-refractivity contribution >= 4 is 5.91 Å². The van der Waals surface area contributed by atoms with Crippen molar-refractivity contribution in [2.75, 3.05) is 6.54 Å². The molecule has 1 aromatic heterocycles. The Hall–Kier alpha value is -2.21. The van der Waals surface area contributed by atoms with E-state index in [0.29, 0.717) is 24.2 Å². The minimum Gasteiger partial charge on any atom is -0.369 e. The van der Waals surface area contributed by atoms with E-state index in [9.17, 15) is 4.79 Å². The van der Waals surface area contributed by atoms with Crippen LogP contribution in [0.4, 0.5) is 0 Å². The first-order valence-corrected chi connectivity index (χ1v) is 6.48. The molecule has 1 aromatic carbocycles. The molecule has 0 aliphatic heterocycles.